The number of thiophene rings is 1. The molecule has 2 atom stereocenters. The lowest BCUT2D eigenvalue weighted by molar-refractivity contribution is 0.00969. The van der Waals surface area contributed by atoms with Crippen molar-refractivity contribution in [3.63, 3.8) is 0 Å². The second kappa shape index (κ2) is 7.88. The van der Waals surface area contributed by atoms with Crippen molar-refractivity contribution in [1.29, 1.82) is 0 Å². The highest BCUT2D eigenvalue weighted by molar-refractivity contribution is 7.10. The molecule has 0 unspecified atom stereocenters. The van der Waals surface area contributed by atoms with Gasteiger partial charge in [0.25, 0.3) is 5.91 Å². The molecule has 6 heteroatoms. The Morgan fingerprint density at radius 2 is 1.96 bits per heavy atom. The van der Waals surface area contributed by atoms with Crippen LogP contribution in [0, 0.1) is 5.82 Å². The van der Waals surface area contributed by atoms with E-state index < -0.39 is 0 Å². The molecule has 1 aliphatic heterocycles. The maximum Gasteiger partial charge on any atom is 0.251 e. The number of rotatable bonds is 5. The van der Waals surface area contributed by atoms with Gasteiger partial charge in [0.2, 0.25) is 0 Å². The van der Waals surface area contributed by atoms with Crippen LogP contribution in [0.15, 0.2) is 41.8 Å². The zero-order chi connectivity index (χ0) is 16.9. The summed E-state index contributed by atoms with van der Waals surface area (Å²) in [5.74, 6) is -0.526. The molecule has 0 radical (unpaired) electrons. The SMILES string of the molecule is C[C@@H](NC(=O)c1ccc(F)cc1)[C@@H](c1cccs1)N1CCOCC1. The van der Waals surface area contributed by atoms with Crippen LogP contribution < -0.4 is 5.32 Å². The topological polar surface area (TPSA) is 41.6 Å². The van der Waals surface area contributed by atoms with Crippen LogP contribution in [0.4, 0.5) is 4.39 Å². The molecule has 24 heavy (non-hydrogen) atoms. The number of carbonyl (C=O) groups excluding carboxylic acids is 1. The van der Waals surface area contributed by atoms with Gasteiger partial charge < -0.3 is 10.1 Å². The summed E-state index contributed by atoms with van der Waals surface area (Å²) in [7, 11) is 0. The Labute approximate surface area is 145 Å². The Balaban J connectivity index is 1.74. The predicted octanol–water partition coefficient (Wildman–Crippen LogP) is 3.08. The molecule has 1 aromatic heterocycles. The molecule has 0 saturated carbocycles. The standard InChI is InChI=1S/C18H21FN2O2S/c1-13(20-18(22)14-4-6-15(19)7-5-14)17(16-3-2-12-24-16)21-8-10-23-11-9-21/h2-7,12-13,17H,8-11H2,1H3,(H,20,22)/t13-,17+/m1/s1. The predicted molar refractivity (Wildman–Crippen MR) is 92.8 cm³/mol. The minimum absolute atomic E-state index is 0.0701. The Hall–Kier alpha value is -1.76. The summed E-state index contributed by atoms with van der Waals surface area (Å²) in [6, 6.07) is 9.79. The van der Waals surface area contributed by atoms with Crippen molar-refractivity contribution in [3.05, 3.63) is 58.0 Å². The molecule has 1 aromatic carbocycles. The van der Waals surface area contributed by atoms with Crippen molar-refractivity contribution >= 4 is 17.2 Å². The van der Waals surface area contributed by atoms with Gasteiger partial charge in [-0.05, 0) is 42.6 Å². The maximum atomic E-state index is 13.0. The van der Waals surface area contributed by atoms with Crippen LogP contribution >= 0.6 is 11.3 Å². The van der Waals surface area contributed by atoms with E-state index in [1.54, 1.807) is 11.3 Å². The molecule has 1 N–H and O–H groups in total. The lowest BCUT2D eigenvalue weighted by atomic mass is 10.0. The van der Waals surface area contributed by atoms with Gasteiger partial charge in [-0.15, -0.1) is 11.3 Å². The molecule has 1 saturated heterocycles. The first-order valence-electron chi connectivity index (χ1n) is 8.07. The van der Waals surface area contributed by atoms with Crippen molar-refractivity contribution in [2.45, 2.75) is 19.0 Å². The fourth-order valence-electron chi connectivity index (χ4n) is 3.03. The molecular formula is C18H21FN2O2S. The van der Waals surface area contributed by atoms with Gasteiger partial charge in [0, 0.05) is 29.6 Å². The van der Waals surface area contributed by atoms with Crippen LogP contribution in [0.25, 0.3) is 0 Å². The number of nitrogens with zero attached hydrogens (tertiary/aromatic N) is 1. The molecule has 1 aliphatic rings. The lowest BCUT2D eigenvalue weighted by Gasteiger charge is -2.37. The van der Waals surface area contributed by atoms with Crippen molar-refractivity contribution in [1.82, 2.24) is 10.2 Å². The monoisotopic (exact) mass is 348 g/mol. The second-order valence-electron chi connectivity index (χ2n) is 5.88. The number of hydrogen-bond donors (Lipinski definition) is 1. The highest BCUT2D eigenvalue weighted by Crippen LogP contribution is 2.29. The maximum absolute atomic E-state index is 13.0. The van der Waals surface area contributed by atoms with Gasteiger partial charge in [-0.2, -0.15) is 0 Å². The number of halogens is 1. The first kappa shape index (κ1) is 17.1. The summed E-state index contributed by atoms with van der Waals surface area (Å²) in [4.78, 5) is 16.0. The van der Waals surface area contributed by atoms with E-state index in [0.29, 0.717) is 18.8 Å². The summed E-state index contributed by atoms with van der Waals surface area (Å²) in [6.45, 7) is 5.13. The van der Waals surface area contributed by atoms with Crippen molar-refractivity contribution in [3.8, 4) is 0 Å². The van der Waals surface area contributed by atoms with E-state index in [1.807, 2.05) is 13.0 Å². The van der Waals surface area contributed by atoms with Crippen molar-refractivity contribution in [2.24, 2.45) is 0 Å². The zero-order valence-corrected chi connectivity index (χ0v) is 14.4. The number of hydrogen-bond acceptors (Lipinski definition) is 4. The van der Waals surface area contributed by atoms with Gasteiger partial charge >= 0.3 is 0 Å². The minimum Gasteiger partial charge on any atom is -0.379 e. The number of ether oxygens (including phenoxy) is 1. The van der Waals surface area contributed by atoms with Crippen LogP contribution in [0.3, 0.4) is 0 Å². The van der Waals surface area contributed by atoms with Crippen molar-refractivity contribution in [2.75, 3.05) is 26.3 Å². The fourth-order valence-corrected chi connectivity index (χ4v) is 3.99. The molecule has 2 heterocycles. The van der Waals surface area contributed by atoms with E-state index in [1.165, 1.54) is 29.1 Å². The third kappa shape index (κ3) is 4.01. The Kier molecular flexibility index (Phi) is 5.60. The van der Waals surface area contributed by atoms with Crippen LogP contribution in [0.1, 0.15) is 28.2 Å². The summed E-state index contributed by atoms with van der Waals surface area (Å²) in [6.07, 6.45) is 0. The molecule has 128 valence electrons. The first-order chi connectivity index (χ1) is 11.6. The number of amides is 1. The van der Waals surface area contributed by atoms with Crippen LogP contribution in [-0.2, 0) is 4.74 Å². The first-order valence-corrected chi connectivity index (χ1v) is 8.95. The van der Waals surface area contributed by atoms with E-state index in [-0.39, 0.29) is 23.8 Å². The van der Waals surface area contributed by atoms with Gasteiger partial charge in [0.15, 0.2) is 0 Å². The minimum atomic E-state index is -0.343. The Morgan fingerprint density at radius 3 is 2.58 bits per heavy atom. The van der Waals surface area contributed by atoms with Crippen LogP contribution in [0.5, 0.6) is 0 Å². The van der Waals surface area contributed by atoms with E-state index >= 15 is 0 Å². The zero-order valence-electron chi connectivity index (χ0n) is 13.6. The molecule has 0 spiro atoms. The number of nitrogens with one attached hydrogen (secondary N) is 1. The molecular weight excluding hydrogens is 327 g/mol. The van der Waals surface area contributed by atoms with Gasteiger partial charge in [0.1, 0.15) is 5.82 Å². The van der Waals surface area contributed by atoms with E-state index in [2.05, 4.69) is 21.7 Å². The van der Waals surface area contributed by atoms with Gasteiger partial charge in [-0.25, -0.2) is 4.39 Å². The van der Waals surface area contributed by atoms with E-state index in [4.69, 9.17) is 4.74 Å². The smallest absolute Gasteiger partial charge is 0.251 e. The van der Waals surface area contributed by atoms with Gasteiger partial charge in [-0.3, -0.25) is 9.69 Å². The number of carbonyl (C=O) groups is 1. The molecule has 0 aliphatic carbocycles. The highest BCUT2D eigenvalue weighted by atomic mass is 32.1. The van der Waals surface area contributed by atoms with Crippen molar-refractivity contribution < 1.29 is 13.9 Å². The summed E-state index contributed by atoms with van der Waals surface area (Å²) in [5.41, 5.74) is 0.468. The van der Waals surface area contributed by atoms with Crippen LogP contribution in [-0.4, -0.2) is 43.2 Å². The largest absolute Gasteiger partial charge is 0.379 e. The summed E-state index contributed by atoms with van der Waals surface area (Å²) < 4.78 is 18.5. The Bertz CT molecular complexity index is 654. The molecule has 3 rings (SSSR count). The summed E-state index contributed by atoms with van der Waals surface area (Å²) >= 11 is 1.69. The van der Waals surface area contributed by atoms with Crippen LogP contribution in [0.2, 0.25) is 0 Å². The fraction of sp³-hybridized carbons (Fsp3) is 0.389. The molecule has 2 aromatic rings. The molecule has 0 bridgehead atoms. The van der Waals surface area contributed by atoms with E-state index in [0.717, 1.165) is 13.1 Å². The van der Waals surface area contributed by atoms with E-state index in [9.17, 15) is 9.18 Å². The number of benzene rings is 1. The normalized spacial score (nSPS) is 18.1. The lowest BCUT2D eigenvalue weighted by Crippen LogP contribution is -2.48. The average molecular weight is 348 g/mol. The molecule has 4 nitrogen and oxygen atoms in total. The highest BCUT2D eigenvalue weighted by Gasteiger charge is 2.29. The third-order valence-corrected chi connectivity index (χ3v) is 5.16. The quantitative estimate of drug-likeness (QED) is 0.903. The third-order valence-electron chi connectivity index (χ3n) is 4.21. The number of morpholine rings is 1. The summed E-state index contributed by atoms with van der Waals surface area (Å²) in [5, 5.41) is 5.12. The molecule has 1 fully saturated rings. The molecule has 1 amide bonds. The van der Waals surface area contributed by atoms with Gasteiger partial charge in [0.05, 0.1) is 19.3 Å². The average Bonchev–Trinajstić information content (AvgIpc) is 3.10. The second-order valence-corrected chi connectivity index (χ2v) is 6.86. The Morgan fingerprint density at radius 1 is 1.25 bits per heavy atom. The van der Waals surface area contributed by atoms with Gasteiger partial charge in [-0.1, -0.05) is 6.07 Å².